The quantitative estimate of drug-likeness (QED) is 0.251. The van der Waals surface area contributed by atoms with Crippen LogP contribution in [0, 0.1) is 0 Å². The van der Waals surface area contributed by atoms with Crippen molar-refractivity contribution in [3.8, 4) is 0 Å². The number of fused-ring (bicyclic) bond motifs is 1. The van der Waals surface area contributed by atoms with Crippen molar-refractivity contribution in [3.05, 3.63) is 86.6 Å². The summed E-state index contributed by atoms with van der Waals surface area (Å²) in [6.45, 7) is 1.98. The number of hydrogen-bond donors (Lipinski definition) is 4. The van der Waals surface area contributed by atoms with Gasteiger partial charge in [-0.1, -0.05) is 30.3 Å². The Hall–Kier alpha value is -4.41. The van der Waals surface area contributed by atoms with Crippen LogP contribution in [0.15, 0.2) is 54.6 Å². The predicted octanol–water partition coefficient (Wildman–Crippen LogP) is 4.32. The molecule has 0 saturated heterocycles. The topological polar surface area (TPSA) is 190 Å². The molecule has 0 unspecified atom stereocenters. The Morgan fingerprint density at radius 2 is 1.67 bits per heavy atom. The number of esters is 1. The number of carboxylic acids is 2. The molecule has 2 amide bonds. The fourth-order valence-corrected chi connectivity index (χ4v) is 6.16. The number of anilines is 1. The van der Waals surface area contributed by atoms with Gasteiger partial charge in [0.25, 0.3) is 11.8 Å². The number of primary amides is 1. The van der Waals surface area contributed by atoms with Crippen molar-refractivity contribution in [3.63, 3.8) is 0 Å². The summed E-state index contributed by atoms with van der Waals surface area (Å²) in [6, 6.07) is 15.6. The van der Waals surface area contributed by atoms with Gasteiger partial charge in [0.1, 0.15) is 11.4 Å². The molecule has 11 nitrogen and oxygen atoms in total. The van der Waals surface area contributed by atoms with E-state index >= 15 is 0 Å². The number of hydrogen-bond acceptors (Lipinski definition) is 9. The average molecular weight is 670 g/mol. The number of benzene rings is 2. The first kappa shape index (κ1) is 36.8. The highest BCUT2D eigenvalue weighted by atomic mass is 32.2. The molecule has 4 rings (SSSR count). The number of nitrogens with zero attached hydrogens (tertiary/aromatic N) is 1. The van der Waals surface area contributed by atoms with Gasteiger partial charge < -0.3 is 26.4 Å². The summed E-state index contributed by atoms with van der Waals surface area (Å²) in [7, 11) is 0. The van der Waals surface area contributed by atoms with Crippen LogP contribution in [0.2, 0.25) is 0 Å². The van der Waals surface area contributed by atoms with Gasteiger partial charge in [-0.15, -0.1) is 11.3 Å². The standard InChI is InChI=1S/C16H16N2O3.C11H13NO3S2.C2HF3O2/c17-10-12-5-4-6-13(9-12)16(21)18(11-15(19)20)14-7-2-1-3-8-14;1-2-15-11(14)8-6-3-4-16-5-7(6)17-9(8)10(12)13;3-2(4,5)1(6)7/h1-9H,10-11,17H2,(H,19,20);2-5H2,1H3,(H2,12,13);(H,6,7). The molecule has 0 bridgehead atoms. The number of ether oxygens (including phenoxy) is 1. The van der Waals surface area contributed by atoms with Crippen LogP contribution in [0.5, 0.6) is 0 Å². The van der Waals surface area contributed by atoms with Gasteiger partial charge in [-0.25, -0.2) is 9.59 Å². The molecule has 242 valence electrons. The normalized spacial score (nSPS) is 11.8. The number of thioether (sulfide) groups is 1. The van der Waals surface area contributed by atoms with E-state index in [1.807, 2.05) is 12.1 Å². The van der Waals surface area contributed by atoms with Gasteiger partial charge >= 0.3 is 24.1 Å². The Bertz CT molecular complexity index is 1510. The van der Waals surface area contributed by atoms with Crippen molar-refractivity contribution < 1.29 is 52.1 Å². The van der Waals surface area contributed by atoms with Gasteiger partial charge in [-0.3, -0.25) is 19.3 Å². The monoisotopic (exact) mass is 669 g/mol. The summed E-state index contributed by atoms with van der Waals surface area (Å²) in [5, 5.41) is 16.2. The zero-order chi connectivity index (χ0) is 33.7. The van der Waals surface area contributed by atoms with Crippen molar-refractivity contribution in [1.29, 1.82) is 0 Å². The molecule has 0 atom stereocenters. The van der Waals surface area contributed by atoms with Crippen LogP contribution >= 0.6 is 23.1 Å². The maximum Gasteiger partial charge on any atom is 0.490 e. The molecule has 6 N–H and O–H groups in total. The Morgan fingerprint density at radius 3 is 2.20 bits per heavy atom. The zero-order valence-electron chi connectivity index (χ0n) is 23.8. The fraction of sp³-hybridized carbons (Fsp3) is 0.276. The molecule has 0 aliphatic carbocycles. The van der Waals surface area contributed by atoms with E-state index in [2.05, 4.69) is 0 Å². The van der Waals surface area contributed by atoms with Crippen molar-refractivity contribution >= 4 is 58.5 Å². The van der Waals surface area contributed by atoms with E-state index in [-0.39, 0.29) is 5.91 Å². The molecule has 1 aliphatic rings. The van der Waals surface area contributed by atoms with E-state index in [1.54, 1.807) is 61.2 Å². The molecule has 1 aromatic heterocycles. The molecule has 0 saturated carbocycles. The van der Waals surface area contributed by atoms with Gasteiger partial charge in [0.2, 0.25) is 0 Å². The number of amides is 2. The van der Waals surface area contributed by atoms with E-state index < -0.39 is 36.5 Å². The van der Waals surface area contributed by atoms with Gasteiger partial charge in [-0.05, 0) is 54.5 Å². The third-order valence-electron chi connectivity index (χ3n) is 5.78. The minimum absolute atomic E-state index is 0.302. The number of carbonyl (C=O) groups excluding carboxylic acids is 3. The van der Waals surface area contributed by atoms with Crippen LogP contribution in [0.1, 0.15) is 53.3 Å². The zero-order valence-corrected chi connectivity index (χ0v) is 25.5. The molecule has 45 heavy (non-hydrogen) atoms. The number of carbonyl (C=O) groups is 5. The summed E-state index contributed by atoms with van der Waals surface area (Å²) in [6.07, 6.45) is -4.28. The van der Waals surface area contributed by atoms with E-state index in [9.17, 15) is 32.3 Å². The first-order valence-corrected chi connectivity index (χ1v) is 15.0. The van der Waals surface area contributed by atoms with Gasteiger partial charge in [0.05, 0.1) is 12.2 Å². The number of aliphatic carboxylic acids is 2. The molecule has 3 aromatic rings. The number of rotatable bonds is 8. The molecule has 16 heteroatoms. The van der Waals surface area contributed by atoms with Crippen molar-refractivity contribution in [2.45, 2.75) is 31.8 Å². The first-order chi connectivity index (χ1) is 21.2. The van der Waals surface area contributed by atoms with E-state index in [1.165, 1.54) is 16.2 Å². The van der Waals surface area contributed by atoms with Crippen LogP contribution in [0.4, 0.5) is 18.9 Å². The van der Waals surface area contributed by atoms with Crippen molar-refractivity contribution in [1.82, 2.24) is 0 Å². The lowest BCUT2D eigenvalue weighted by Crippen LogP contribution is -2.35. The highest BCUT2D eigenvalue weighted by molar-refractivity contribution is 7.98. The van der Waals surface area contributed by atoms with Gasteiger partial charge in [0.15, 0.2) is 0 Å². The van der Waals surface area contributed by atoms with Gasteiger partial charge in [0, 0.05) is 28.4 Å². The molecule has 1 aliphatic heterocycles. The number of nitrogens with two attached hydrogens (primary N) is 2. The predicted molar refractivity (Wildman–Crippen MR) is 162 cm³/mol. The van der Waals surface area contributed by atoms with E-state index in [0.717, 1.165) is 33.9 Å². The number of para-hydroxylation sites is 1. The summed E-state index contributed by atoms with van der Waals surface area (Å²) < 4.78 is 36.7. The van der Waals surface area contributed by atoms with Gasteiger partial charge in [-0.2, -0.15) is 24.9 Å². The molecule has 0 spiro atoms. The average Bonchev–Trinajstić information content (AvgIpc) is 3.41. The highest BCUT2D eigenvalue weighted by Gasteiger charge is 2.38. The van der Waals surface area contributed by atoms with Crippen LogP contribution in [-0.4, -0.2) is 65.0 Å². The largest absolute Gasteiger partial charge is 0.490 e. The lowest BCUT2D eigenvalue weighted by atomic mass is 10.1. The number of carboxylic acid groups (broad SMARTS) is 2. The minimum atomic E-state index is -5.08. The summed E-state index contributed by atoms with van der Waals surface area (Å²) >= 11 is 3.13. The first-order valence-electron chi connectivity index (χ1n) is 13.1. The second kappa shape index (κ2) is 17.2. The van der Waals surface area contributed by atoms with Crippen LogP contribution in [0.25, 0.3) is 0 Å². The molecule has 0 radical (unpaired) electrons. The summed E-state index contributed by atoms with van der Waals surface area (Å²) in [5.41, 5.74) is 14.0. The Labute approximate surface area is 264 Å². The number of halogens is 3. The summed E-state index contributed by atoms with van der Waals surface area (Å²) in [4.78, 5) is 58.4. The van der Waals surface area contributed by atoms with Crippen molar-refractivity contribution in [2.75, 3.05) is 23.8 Å². The Balaban J connectivity index is 0.000000263. The third kappa shape index (κ3) is 10.9. The highest BCUT2D eigenvalue weighted by Crippen LogP contribution is 2.36. The summed E-state index contributed by atoms with van der Waals surface area (Å²) in [5.74, 6) is -3.34. The number of alkyl halides is 3. The van der Waals surface area contributed by atoms with E-state index in [4.69, 9.17) is 31.2 Å². The van der Waals surface area contributed by atoms with E-state index in [0.29, 0.717) is 34.8 Å². The van der Waals surface area contributed by atoms with Crippen molar-refractivity contribution in [2.24, 2.45) is 11.5 Å². The Morgan fingerprint density at radius 1 is 1.02 bits per heavy atom. The SMILES string of the molecule is CCOC(=O)c1c(C(N)=O)sc2c1CCSC2.NCc1cccc(C(=O)N(CC(=O)O)c2ccccc2)c1.O=C(O)C(F)(F)F. The molecular formula is C29H30F3N3O8S2. The maximum atomic E-state index is 12.6. The minimum Gasteiger partial charge on any atom is -0.480 e. The van der Waals surface area contributed by atoms with Crippen LogP contribution < -0.4 is 16.4 Å². The second-order valence-electron chi connectivity index (χ2n) is 8.92. The molecular weight excluding hydrogens is 639 g/mol. The maximum absolute atomic E-state index is 12.6. The lowest BCUT2D eigenvalue weighted by Gasteiger charge is -2.21. The van der Waals surface area contributed by atoms with Crippen LogP contribution in [-0.2, 0) is 33.0 Å². The molecule has 2 aromatic carbocycles. The second-order valence-corrected chi connectivity index (χ2v) is 11.1. The lowest BCUT2D eigenvalue weighted by molar-refractivity contribution is -0.192. The Kier molecular flexibility index (Phi) is 14.0. The smallest absolute Gasteiger partial charge is 0.480 e. The van der Waals surface area contributed by atoms with Crippen LogP contribution in [0.3, 0.4) is 0 Å². The fourth-order valence-electron chi connectivity index (χ4n) is 3.84. The molecule has 2 heterocycles. The number of thiophene rings is 1. The third-order valence-corrected chi connectivity index (χ3v) is 8.20. The molecule has 0 fully saturated rings.